The van der Waals surface area contributed by atoms with Crippen molar-refractivity contribution in [2.24, 2.45) is 22.2 Å². The predicted octanol–water partition coefficient (Wildman–Crippen LogP) is 2.80. The van der Waals surface area contributed by atoms with Crippen molar-refractivity contribution in [1.82, 2.24) is 4.90 Å². The van der Waals surface area contributed by atoms with Crippen molar-refractivity contribution in [2.75, 3.05) is 13.1 Å². The van der Waals surface area contributed by atoms with Gasteiger partial charge in [-0.25, -0.2) is 0 Å². The van der Waals surface area contributed by atoms with Crippen LogP contribution in [0.5, 0.6) is 0 Å². The van der Waals surface area contributed by atoms with E-state index in [0.29, 0.717) is 25.8 Å². The van der Waals surface area contributed by atoms with Gasteiger partial charge in [-0.05, 0) is 36.0 Å². The van der Waals surface area contributed by atoms with Gasteiger partial charge in [-0.2, -0.15) is 0 Å². The molecule has 0 unspecified atom stereocenters. The van der Waals surface area contributed by atoms with E-state index in [1.165, 1.54) is 4.90 Å². The minimum Gasteiger partial charge on any atom is -0.370 e. The lowest BCUT2D eigenvalue weighted by Crippen LogP contribution is -2.49. The molecule has 0 aromatic heterocycles. The fourth-order valence-corrected chi connectivity index (χ4v) is 3.98. The van der Waals surface area contributed by atoms with Gasteiger partial charge in [0.05, 0.1) is 12.0 Å². The highest BCUT2D eigenvalue weighted by Crippen LogP contribution is 2.27. The fraction of sp³-hybridized carbons (Fsp3) is 0.250. The Morgan fingerprint density at radius 3 is 1.80 bits per heavy atom. The lowest BCUT2D eigenvalue weighted by atomic mass is 9.89. The number of hydrogen-bond acceptors (Lipinski definition) is 4. The summed E-state index contributed by atoms with van der Waals surface area (Å²) in [6, 6.07) is 27.9. The maximum atomic E-state index is 14.0. The first-order valence-corrected chi connectivity index (χ1v) is 11.8. The van der Waals surface area contributed by atoms with Crippen molar-refractivity contribution in [1.29, 1.82) is 0 Å². The van der Waals surface area contributed by atoms with Crippen LogP contribution >= 0.6 is 0 Å². The van der Waals surface area contributed by atoms with Crippen LogP contribution in [0.3, 0.4) is 0 Å². The molecule has 2 amide bonds. The Bertz CT molecular complexity index is 1060. The normalized spacial score (nSPS) is 11.6. The molecule has 7 nitrogen and oxygen atoms in total. The van der Waals surface area contributed by atoms with Gasteiger partial charge in [0.1, 0.15) is 0 Å². The molecule has 3 aromatic rings. The Morgan fingerprint density at radius 2 is 1.29 bits per heavy atom. The van der Waals surface area contributed by atoms with Crippen molar-refractivity contribution < 1.29 is 9.59 Å². The largest absolute Gasteiger partial charge is 0.370 e. The van der Waals surface area contributed by atoms with Crippen LogP contribution in [-0.4, -0.2) is 41.8 Å². The molecule has 0 heterocycles. The van der Waals surface area contributed by atoms with Crippen LogP contribution in [0.2, 0.25) is 0 Å². The van der Waals surface area contributed by atoms with Crippen LogP contribution in [0.15, 0.2) is 96.0 Å². The zero-order chi connectivity index (χ0) is 25.0. The smallest absolute Gasteiger partial charge is 0.246 e. The molecular formula is C28H33N5O2. The van der Waals surface area contributed by atoms with Crippen molar-refractivity contribution in [3.63, 3.8) is 0 Å². The van der Waals surface area contributed by atoms with Gasteiger partial charge in [-0.1, -0.05) is 91.0 Å². The van der Waals surface area contributed by atoms with E-state index < -0.39 is 17.9 Å². The van der Waals surface area contributed by atoms with Gasteiger partial charge >= 0.3 is 0 Å². The Labute approximate surface area is 206 Å². The number of amides is 2. The summed E-state index contributed by atoms with van der Waals surface area (Å²) in [5.41, 5.74) is 19.7. The highest BCUT2D eigenvalue weighted by molar-refractivity contribution is 6.01. The molecule has 182 valence electrons. The van der Waals surface area contributed by atoms with E-state index in [1.54, 1.807) is 0 Å². The maximum Gasteiger partial charge on any atom is 0.246 e. The second-order valence-corrected chi connectivity index (χ2v) is 8.37. The zero-order valence-electron chi connectivity index (χ0n) is 19.8. The van der Waals surface area contributed by atoms with Crippen LogP contribution in [0.4, 0.5) is 0 Å². The molecule has 0 fully saturated rings. The molecule has 0 spiro atoms. The molecule has 35 heavy (non-hydrogen) atoms. The van der Waals surface area contributed by atoms with E-state index in [0.717, 1.165) is 16.7 Å². The van der Waals surface area contributed by atoms with Gasteiger partial charge in [0.2, 0.25) is 11.8 Å². The van der Waals surface area contributed by atoms with E-state index >= 15 is 0 Å². The van der Waals surface area contributed by atoms with Crippen molar-refractivity contribution >= 4 is 17.8 Å². The molecule has 1 atom stereocenters. The minimum absolute atomic E-state index is 0.00173. The summed E-state index contributed by atoms with van der Waals surface area (Å²) < 4.78 is 0. The quantitative estimate of drug-likeness (QED) is 0.225. The molecule has 0 radical (unpaired) electrons. The highest BCUT2D eigenvalue weighted by atomic mass is 16.2. The molecule has 0 aliphatic carbocycles. The third-order valence-electron chi connectivity index (χ3n) is 5.80. The molecule has 0 bridgehead atoms. The van der Waals surface area contributed by atoms with E-state index in [2.05, 4.69) is 4.99 Å². The maximum absolute atomic E-state index is 14.0. The molecule has 0 aliphatic rings. The topological polar surface area (TPSA) is 128 Å². The Kier molecular flexibility index (Phi) is 9.57. The first-order valence-electron chi connectivity index (χ1n) is 11.8. The molecule has 0 saturated carbocycles. The minimum atomic E-state index is -0.837. The average molecular weight is 472 g/mol. The lowest BCUT2D eigenvalue weighted by molar-refractivity contribution is -0.146. The van der Waals surface area contributed by atoms with Gasteiger partial charge in [-0.3, -0.25) is 19.5 Å². The van der Waals surface area contributed by atoms with Gasteiger partial charge in [0.25, 0.3) is 0 Å². The number of nitrogens with two attached hydrogens (primary N) is 3. The van der Waals surface area contributed by atoms with Crippen LogP contribution in [0.25, 0.3) is 0 Å². The number of nitrogens with zero attached hydrogens (tertiary/aromatic N) is 2. The van der Waals surface area contributed by atoms with E-state index in [-0.39, 0.29) is 18.4 Å². The number of hydrogen-bond donors (Lipinski definition) is 3. The van der Waals surface area contributed by atoms with E-state index in [4.69, 9.17) is 17.2 Å². The van der Waals surface area contributed by atoms with Crippen LogP contribution in [-0.2, 0) is 16.0 Å². The fourth-order valence-electron chi connectivity index (χ4n) is 3.98. The van der Waals surface area contributed by atoms with Crippen LogP contribution in [0.1, 0.15) is 35.4 Å². The second kappa shape index (κ2) is 13.1. The first kappa shape index (κ1) is 25.6. The summed E-state index contributed by atoms with van der Waals surface area (Å²) in [5, 5.41) is 0. The Hall–Kier alpha value is -3.97. The number of aliphatic imine (C=N–C) groups is 1. The number of rotatable bonds is 11. The molecule has 3 aromatic carbocycles. The van der Waals surface area contributed by atoms with E-state index in [1.807, 2.05) is 91.0 Å². The number of benzene rings is 3. The summed E-state index contributed by atoms with van der Waals surface area (Å²) in [5.74, 6) is -1.31. The number of carbonyl (C=O) groups is 2. The summed E-state index contributed by atoms with van der Waals surface area (Å²) >= 11 is 0. The number of imide groups is 1. The molecule has 0 saturated heterocycles. The molecule has 0 aliphatic heterocycles. The Morgan fingerprint density at radius 1 is 0.771 bits per heavy atom. The van der Waals surface area contributed by atoms with Gasteiger partial charge < -0.3 is 17.2 Å². The average Bonchev–Trinajstić information content (AvgIpc) is 2.88. The van der Waals surface area contributed by atoms with Gasteiger partial charge in [0.15, 0.2) is 5.96 Å². The van der Waals surface area contributed by atoms with E-state index in [9.17, 15) is 9.59 Å². The monoisotopic (exact) mass is 471 g/mol. The van der Waals surface area contributed by atoms with Crippen molar-refractivity contribution in [3.05, 3.63) is 108 Å². The third-order valence-corrected chi connectivity index (χ3v) is 5.80. The first-order chi connectivity index (χ1) is 17.0. The molecule has 7 heteroatoms. The predicted molar refractivity (Wildman–Crippen MR) is 139 cm³/mol. The number of carbonyl (C=O) groups excluding carboxylic acids is 2. The SMILES string of the molecule is NC(N)=NCCC[C@@H](N)C(=O)N(CCc1ccccc1)C(=O)C(c1ccccc1)c1ccccc1. The lowest BCUT2D eigenvalue weighted by Gasteiger charge is -2.29. The molecular weight excluding hydrogens is 438 g/mol. The van der Waals surface area contributed by atoms with Crippen molar-refractivity contribution in [3.8, 4) is 0 Å². The Balaban J connectivity index is 1.88. The van der Waals surface area contributed by atoms with Crippen molar-refractivity contribution in [2.45, 2.75) is 31.2 Å². The van der Waals surface area contributed by atoms with Gasteiger partial charge in [-0.15, -0.1) is 0 Å². The second-order valence-electron chi connectivity index (χ2n) is 8.37. The van der Waals surface area contributed by atoms with Gasteiger partial charge in [0, 0.05) is 13.1 Å². The summed E-state index contributed by atoms with van der Waals surface area (Å²) in [6.07, 6.45) is 1.44. The highest BCUT2D eigenvalue weighted by Gasteiger charge is 2.33. The summed E-state index contributed by atoms with van der Waals surface area (Å²) in [6.45, 7) is 0.609. The molecule has 6 N–H and O–H groups in total. The number of guanidine groups is 1. The van der Waals surface area contributed by atoms with Crippen LogP contribution < -0.4 is 17.2 Å². The van der Waals surface area contributed by atoms with Crippen LogP contribution in [0, 0.1) is 0 Å². The third kappa shape index (κ3) is 7.52. The summed E-state index contributed by atoms with van der Waals surface area (Å²) in [4.78, 5) is 32.8. The zero-order valence-corrected chi connectivity index (χ0v) is 19.8. The molecule has 3 rings (SSSR count). The summed E-state index contributed by atoms with van der Waals surface area (Å²) in [7, 11) is 0. The standard InChI is InChI=1S/C28H33N5O2/c29-24(17-10-19-32-28(30)31)26(34)33(20-18-21-11-4-1-5-12-21)27(35)25(22-13-6-2-7-14-22)23-15-8-3-9-16-23/h1-9,11-16,24-25H,10,17-20,29H2,(H4,30,31,32)/t24-/m1/s1.